The van der Waals surface area contributed by atoms with E-state index in [1.54, 1.807) is 0 Å². The molecular weight excluding hydrogens is 290 g/mol. The predicted molar refractivity (Wildman–Crippen MR) is 91.5 cm³/mol. The normalized spacial score (nSPS) is 17.9. The lowest BCUT2D eigenvalue weighted by atomic mass is 9.96. The van der Waals surface area contributed by atoms with E-state index in [9.17, 15) is 0 Å². The number of aromatic amines is 1. The molecule has 0 spiro atoms. The Hall–Kier alpha value is -2.17. The van der Waals surface area contributed by atoms with E-state index in [4.69, 9.17) is 0 Å². The SMILES string of the molecule is c1ccc2c(c1)sc1c([C@@H]3NCCc4[nH]cnc43)cccc12. The fraction of sp³-hybridized carbons (Fsp3) is 0.167. The van der Waals surface area contributed by atoms with Gasteiger partial charge in [0.25, 0.3) is 0 Å². The highest BCUT2D eigenvalue weighted by atomic mass is 32.1. The topological polar surface area (TPSA) is 40.7 Å². The predicted octanol–water partition coefficient (Wildman–Crippen LogP) is 4.01. The Kier molecular flexibility index (Phi) is 2.62. The number of nitrogens with zero attached hydrogens (tertiary/aromatic N) is 1. The van der Waals surface area contributed by atoms with Crippen LogP contribution >= 0.6 is 11.3 Å². The van der Waals surface area contributed by atoms with Crippen LogP contribution in [0.2, 0.25) is 0 Å². The van der Waals surface area contributed by atoms with Gasteiger partial charge >= 0.3 is 0 Å². The van der Waals surface area contributed by atoms with Crippen molar-refractivity contribution >= 4 is 31.5 Å². The lowest BCUT2D eigenvalue weighted by Crippen LogP contribution is -2.30. The number of nitrogens with one attached hydrogen (secondary N) is 2. The number of aromatic nitrogens is 2. The number of imidazole rings is 1. The average Bonchev–Trinajstić information content (AvgIpc) is 3.18. The first-order valence-corrected chi connectivity index (χ1v) is 8.39. The summed E-state index contributed by atoms with van der Waals surface area (Å²) in [6.45, 7) is 0.987. The van der Waals surface area contributed by atoms with Gasteiger partial charge in [0.15, 0.2) is 0 Å². The van der Waals surface area contributed by atoms with E-state index in [0.29, 0.717) is 0 Å². The molecule has 1 atom stereocenters. The van der Waals surface area contributed by atoms with Gasteiger partial charge in [0, 0.05) is 38.8 Å². The third-order valence-electron chi connectivity index (χ3n) is 4.49. The molecule has 0 saturated heterocycles. The molecule has 4 aromatic rings. The maximum atomic E-state index is 4.56. The zero-order valence-corrected chi connectivity index (χ0v) is 12.8. The molecule has 0 radical (unpaired) electrons. The van der Waals surface area contributed by atoms with Crippen LogP contribution in [-0.4, -0.2) is 16.5 Å². The number of fused-ring (bicyclic) bond motifs is 4. The number of hydrogen-bond acceptors (Lipinski definition) is 3. The smallest absolute Gasteiger partial charge is 0.0926 e. The van der Waals surface area contributed by atoms with E-state index in [-0.39, 0.29) is 6.04 Å². The molecular formula is C18H15N3S. The molecule has 2 N–H and O–H groups in total. The van der Waals surface area contributed by atoms with Gasteiger partial charge in [-0.2, -0.15) is 0 Å². The van der Waals surface area contributed by atoms with Crippen LogP contribution < -0.4 is 5.32 Å². The van der Waals surface area contributed by atoms with Gasteiger partial charge in [-0.15, -0.1) is 11.3 Å². The number of hydrogen-bond donors (Lipinski definition) is 2. The lowest BCUT2D eigenvalue weighted by molar-refractivity contribution is 0.556. The molecule has 22 heavy (non-hydrogen) atoms. The second kappa shape index (κ2) is 4.66. The Labute approximate surface area is 132 Å². The molecule has 2 aromatic carbocycles. The number of thiophene rings is 1. The van der Waals surface area contributed by atoms with Gasteiger partial charge in [0.1, 0.15) is 0 Å². The van der Waals surface area contributed by atoms with Crippen LogP contribution in [0.25, 0.3) is 20.2 Å². The third-order valence-corrected chi connectivity index (χ3v) is 5.73. The lowest BCUT2D eigenvalue weighted by Gasteiger charge is -2.23. The van der Waals surface area contributed by atoms with Crippen LogP contribution in [0, 0.1) is 0 Å². The molecule has 1 aliphatic rings. The van der Waals surface area contributed by atoms with Crippen molar-refractivity contribution in [1.82, 2.24) is 15.3 Å². The van der Waals surface area contributed by atoms with Crippen LogP contribution in [0.15, 0.2) is 48.8 Å². The van der Waals surface area contributed by atoms with E-state index >= 15 is 0 Å². The summed E-state index contributed by atoms with van der Waals surface area (Å²) >= 11 is 1.88. The fourth-order valence-electron chi connectivity index (χ4n) is 3.47. The third kappa shape index (κ3) is 1.68. The van der Waals surface area contributed by atoms with Crippen molar-refractivity contribution in [1.29, 1.82) is 0 Å². The Morgan fingerprint density at radius 1 is 1.05 bits per heavy atom. The van der Waals surface area contributed by atoms with Crippen molar-refractivity contribution in [3.8, 4) is 0 Å². The van der Waals surface area contributed by atoms with Crippen LogP contribution in [-0.2, 0) is 6.42 Å². The van der Waals surface area contributed by atoms with Crippen molar-refractivity contribution in [2.24, 2.45) is 0 Å². The molecule has 0 amide bonds. The minimum atomic E-state index is 0.187. The molecule has 3 nitrogen and oxygen atoms in total. The van der Waals surface area contributed by atoms with Gasteiger partial charge in [0.2, 0.25) is 0 Å². The molecule has 5 rings (SSSR count). The van der Waals surface area contributed by atoms with Gasteiger partial charge in [-0.3, -0.25) is 0 Å². The van der Waals surface area contributed by atoms with Gasteiger partial charge < -0.3 is 10.3 Å². The van der Waals surface area contributed by atoms with Crippen LogP contribution in [0.5, 0.6) is 0 Å². The Balaban J connectivity index is 1.79. The summed E-state index contributed by atoms with van der Waals surface area (Å²) in [5, 5.41) is 6.34. The molecule has 108 valence electrons. The summed E-state index contributed by atoms with van der Waals surface area (Å²) in [6, 6.07) is 15.5. The summed E-state index contributed by atoms with van der Waals surface area (Å²) in [4.78, 5) is 7.85. The first-order valence-electron chi connectivity index (χ1n) is 7.57. The minimum Gasteiger partial charge on any atom is -0.348 e. The molecule has 1 aliphatic heterocycles. The molecule has 0 aliphatic carbocycles. The maximum absolute atomic E-state index is 4.56. The van der Waals surface area contributed by atoms with Crippen LogP contribution in [0.3, 0.4) is 0 Å². The summed E-state index contributed by atoms with van der Waals surface area (Å²) in [5.74, 6) is 0. The Morgan fingerprint density at radius 2 is 1.95 bits per heavy atom. The van der Waals surface area contributed by atoms with Crippen LogP contribution in [0.4, 0.5) is 0 Å². The highest BCUT2D eigenvalue weighted by Crippen LogP contribution is 2.39. The maximum Gasteiger partial charge on any atom is 0.0926 e. The first-order chi connectivity index (χ1) is 10.9. The highest BCUT2D eigenvalue weighted by Gasteiger charge is 2.25. The quantitative estimate of drug-likeness (QED) is 0.558. The molecule has 2 aromatic heterocycles. The second-order valence-corrected chi connectivity index (χ2v) is 6.78. The average molecular weight is 305 g/mol. The van der Waals surface area contributed by atoms with Crippen molar-refractivity contribution in [2.75, 3.05) is 6.54 Å². The van der Waals surface area contributed by atoms with Crippen molar-refractivity contribution in [3.63, 3.8) is 0 Å². The molecule has 0 unspecified atom stereocenters. The Morgan fingerprint density at radius 3 is 2.95 bits per heavy atom. The van der Waals surface area contributed by atoms with Gasteiger partial charge in [-0.05, 0) is 11.6 Å². The summed E-state index contributed by atoms with van der Waals surface area (Å²) < 4.78 is 2.72. The summed E-state index contributed by atoms with van der Waals surface area (Å²) in [7, 11) is 0. The molecule has 3 heterocycles. The fourth-order valence-corrected chi connectivity index (χ4v) is 4.72. The van der Waals surface area contributed by atoms with Crippen molar-refractivity contribution < 1.29 is 0 Å². The number of H-pyrrole nitrogens is 1. The molecule has 0 bridgehead atoms. The standard InChI is InChI=1S/C18H15N3S/c1-2-7-15-11(4-1)12-5-3-6-13(18(12)22-15)16-17-14(8-9-19-16)20-10-21-17/h1-7,10,16,19H,8-9H2,(H,20,21)/t16-/m0/s1. The highest BCUT2D eigenvalue weighted by molar-refractivity contribution is 7.26. The van der Waals surface area contributed by atoms with E-state index in [1.807, 2.05) is 17.7 Å². The van der Waals surface area contributed by atoms with Crippen molar-refractivity contribution in [3.05, 3.63) is 65.7 Å². The number of benzene rings is 2. The van der Waals surface area contributed by atoms with Gasteiger partial charge in [-0.1, -0.05) is 36.4 Å². The first kappa shape index (κ1) is 12.4. The van der Waals surface area contributed by atoms with E-state index in [1.165, 1.54) is 31.4 Å². The molecule has 4 heteroatoms. The van der Waals surface area contributed by atoms with Gasteiger partial charge in [-0.25, -0.2) is 4.98 Å². The van der Waals surface area contributed by atoms with E-state index in [0.717, 1.165) is 18.7 Å². The van der Waals surface area contributed by atoms with E-state index in [2.05, 4.69) is 57.7 Å². The second-order valence-electron chi connectivity index (χ2n) is 5.73. The Bertz CT molecular complexity index is 982. The van der Waals surface area contributed by atoms with Gasteiger partial charge in [0.05, 0.1) is 18.1 Å². The zero-order chi connectivity index (χ0) is 14.5. The molecule has 0 saturated carbocycles. The zero-order valence-electron chi connectivity index (χ0n) is 12.0. The monoisotopic (exact) mass is 305 g/mol. The largest absolute Gasteiger partial charge is 0.348 e. The summed E-state index contributed by atoms with van der Waals surface area (Å²) in [6.07, 6.45) is 2.84. The summed E-state index contributed by atoms with van der Waals surface area (Å²) in [5.41, 5.74) is 3.75. The molecule has 0 fully saturated rings. The number of rotatable bonds is 1. The van der Waals surface area contributed by atoms with Crippen LogP contribution in [0.1, 0.15) is 23.0 Å². The van der Waals surface area contributed by atoms with E-state index < -0.39 is 0 Å². The minimum absolute atomic E-state index is 0.187. The van der Waals surface area contributed by atoms with Crippen molar-refractivity contribution in [2.45, 2.75) is 12.5 Å².